The number of hydrogen-bond acceptors (Lipinski definition) is 4. The third-order valence-corrected chi connectivity index (χ3v) is 4.78. The Bertz CT molecular complexity index is 953. The Kier molecular flexibility index (Phi) is 5.76. The SMILES string of the molecule is CN=C(NC)N1CCCC[C@H](NC(=O)c2cc(C(F)(F)F)cc3[nH]cnc23)C1=O. The molecule has 11 heteroatoms. The number of imidazole rings is 1. The molecule has 1 atom stereocenters. The summed E-state index contributed by atoms with van der Waals surface area (Å²) >= 11 is 0. The minimum Gasteiger partial charge on any atom is -0.359 e. The molecule has 156 valence electrons. The van der Waals surface area contributed by atoms with Crippen LogP contribution in [0, 0.1) is 0 Å². The van der Waals surface area contributed by atoms with Crippen LogP contribution in [0.5, 0.6) is 0 Å². The number of nitrogens with zero attached hydrogens (tertiary/aromatic N) is 3. The smallest absolute Gasteiger partial charge is 0.359 e. The molecule has 0 aliphatic carbocycles. The maximum Gasteiger partial charge on any atom is 0.416 e. The van der Waals surface area contributed by atoms with Gasteiger partial charge in [0.25, 0.3) is 11.8 Å². The summed E-state index contributed by atoms with van der Waals surface area (Å²) in [6.07, 6.45) is -1.63. The molecule has 1 fully saturated rings. The molecule has 8 nitrogen and oxygen atoms in total. The van der Waals surface area contributed by atoms with Gasteiger partial charge in [0.1, 0.15) is 11.6 Å². The average molecular weight is 410 g/mol. The number of aromatic nitrogens is 2. The number of carbonyl (C=O) groups excluding carboxylic acids is 2. The Balaban J connectivity index is 1.91. The largest absolute Gasteiger partial charge is 0.416 e. The lowest BCUT2D eigenvalue weighted by atomic mass is 10.1. The van der Waals surface area contributed by atoms with E-state index in [1.165, 1.54) is 18.3 Å². The number of guanidine groups is 1. The number of nitrogens with one attached hydrogen (secondary N) is 3. The van der Waals surface area contributed by atoms with Gasteiger partial charge in [-0.15, -0.1) is 0 Å². The number of fused-ring (bicyclic) bond motifs is 1. The van der Waals surface area contributed by atoms with Crippen LogP contribution in [-0.4, -0.2) is 59.3 Å². The number of likely N-dealkylation sites (tertiary alicyclic amines) is 1. The van der Waals surface area contributed by atoms with Gasteiger partial charge in [-0.1, -0.05) is 0 Å². The van der Waals surface area contributed by atoms with Crippen LogP contribution >= 0.6 is 0 Å². The van der Waals surface area contributed by atoms with E-state index < -0.39 is 23.7 Å². The third-order valence-electron chi connectivity index (χ3n) is 4.78. The number of halogens is 3. The van der Waals surface area contributed by atoms with Crippen molar-refractivity contribution >= 4 is 28.8 Å². The summed E-state index contributed by atoms with van der Waals surface area (Å²) in [6, 6.07) is 0.775. The van der Waals surface area contributed by atoms with Gasteiger partial charge in [-0.05, 0) is 31.4 Å². The highest BCUT2D eigenvalue weighted by Crippen LogP contribution is 2.32. The van der Waals surface area contributed by atoms with Crippen LogP contribution in [0.1, 0.15) is 35.2 Å². The number of aliphatic imine (C=N–C) groups is 1. The van der Waals surface area contributed by atoms with Crippen LogP contribution in [0.3, 0.4) is 0 Å². The van der Waals surface area contributed by atoms with Crippen molar-refractivity contribution in [1.29, 1.82) is 0 Å². The van der Waals surface area contributed by atoms with Gasteiger partial charge in [-0.3, -0.25) is 19.5 Å². The van der Waals surface area contributed by atoms with Crippen LogP contribution < -0.4 is 10.6 Å². The molecule has 0 saturated carbocycles. The normalized spacial score (nSPS) is 18.7. The van der Waals surface area contributed by atoms with Crippen molar-refractivity contribution < 1.29 is 22.8 Å². The first-order valence-electron chi connectivity index (χ1n) is 9.07. The Morgan fingerprint density at radius 3 is 2.76 bits per heavy atom. The summed E-state index contributed by atoms with van der Waals surface area (Å²) in [4.78, 5) is 37.7. The van der Waals surface area contributed by atoms with Crippen molar-refractivity contribution in [3.05, 3.63) is 29.6 Å². The van der Waals surface area contributed by atoms with Crippen LogP contribution in [0.15, 0.2) is 23.5 Å². The summed E-state index contributed by atoms with van der Waals surface area (Å²) < 4.78 is 39.6. The van der Waals surface area contributed by atoms with Gasteiger partial charge in [0.05, 0.1) is 23.0 Å². The highest BCUT2D eigenvalue weighted by Gasteiger charge is 2.34. The predicted molar refractivity (Wildman–Crippen MR) is 100 cm³/mol. The van der Waals surface area contributed by atoms with E-state index in [0.717, 1.165) is 12.1 Å². The number of alkyl halides is 3. The Hall–Kier alpha value is -3.11. The highest BCUT2D eigenvalue weighted by atomic mass is 19.4. The van der Waals surface area contributed by atoms with E-state index >= 15 is 0 Å². The first-order chi connectivity index (χ1) is 13.8. The lowest BCUT2D eigenvalue weighted by Crippen LogP contribution is -2.52. The number of hydrogen-bond donors (Lipinski definition) is 3. The first kappa shape index (κ1) is 20.6. The Morgan fingerprint density at radius 1 is 1.34 bits per heavy atom. The zero-order valence-corrected chi connectivity index (χ0v) is 15.9. The zero-order chi connectivity index (χ0) is 21.2. The molecule has 1 aliphatic rings. The molecule has 0 spiro atoms. The maximum atomic E-state index is 13.2. The Morgan fingerprint density at radius 2 is 2.10 bits per heavy atom. The summed E-state index contributed by atoms with van der Waals surface area (Å²) in [6.45, 7) is 0.436. The third kappa shape index (κ3) is 4.17. The molecule has 29 heavy (non-hydrogen) atoms. The van der Waals surface area contributed by atoms with E-state index in [0.29, 0.717) is 31.8 Å². The molecular formula is C18H21F3N6O2. The predicted octanol–water partition coefficient (Wildman–Crippen LogP) is 1.90. The molecule has 3 rings (SSSR count). The molecule has 2 aromatic rings. The van der Waals surface area contributed by atoms with Gasteiger partial charge in [-0.2, -0.15) is 13.2 Å². The topological polar surface area (TPSA) is 102 Å². The molecule has 0 radical (unpaired) electrons. The number of carbonyl (C=O) groups is 2. The second-order valence-electron chi connectivity index (χ2n) is 6.63. The van der Waals surface area contributed by atoms with Crippen molar-refractivity contribution in [3.8, 4) is 0 Å². The molecule has 3 N–H and O–H groups in total. The van der Waals surface area contributed by atoms with Gasteiger partial charge in [-0.25, -0.2) is 4.98 Å². The van der Waals surface area contributed by atoms with E-state index in [9.17, 15) is 22.8 Å². The molecule has 1 aromatic heterocycles. The summed E-state index contributed by atoms with van der Waals surface area (Å²) in [5.74, 6) is -0.784. The van der Waals surface area contributed by atoms with E-state index in [1.807, 2.05) is 0 Å². The number of rotatable bonds is 2. The molecule has 2 amide bonds. The van der Waals surface area contributed by atoms with Crippen molar-refractivity contribution in [2.24, 2.45) is 4.99 Å². The van der Waals surface area contributed by atoms with Crippen molar-refractivity contribution in [2.75, 3.05) is 20.6 Å². The number of benzene rings is 1. The molecule has 0 bridgehead atoms. The second kappa shape index (κ2) is 8.10. The summed E-state index contributed by atoms with van der Waals surface area (Å²) in [5.41, 5.74) is -1.00. The van der Waals surface area contributed by atoms with Gasteiger partial charge < -0.3 is 15.6 Å². The van der Waals surface area contributed by atoms with E-state index in [4.69, 9.17) is 0 Å². The minimum absolute atomic E-state index is 0.0920. The number of amides is 2. The van der Waals surface area contributed by atoms with Crippen LogP contribution in [0.4, 0.5) is 13.2 Å². The van der Waals surface area contributed by atoms with Gasteiger partial charge in [0, 0.05) is 20.6 Å². The molecule has 1 aromatic carbocycles. The maximum absolute atomic E-state index is 13.2. The molecule has 0 unspecified atom stereocenters. The fourth-order valence-corrected chi connectivity index (χ4v) is 3.37. The fourth-order valence-electron chi connectivity index (χ4n) is 3.37. The van der Waals surface area contributed by atoms with Crippen molar-refractivity contribution in [2.45, 2.75) is 31.5 Å². The van der Waals surface area contributed by atoms with E-state index in [1.54, 1.807) is 7.05 Å². The standard InChI is InChI=1S/C18H21F3N6O2/c1-22-17(23-2)27-6-4-3-5-12(16(27)29)26-15(28)11-7-10(18(19,20)21)8-13-14(11)25-9-24-13/h7-9,12H,3-6H2,1-2H3,(H,22,23)(H,24,25)(H,26,28)/t12-/m0/s1. The van der Waals surface area contributed by atoms with Crippen LogP contribution in [0.25, 0.3) is 11.0 Å². The van der Waals surface area contributed by atoms with Crippen LogP contribution in [-0.2, 0) is 11.0 Å². The van der Waals surface area contributed by atoms with Crippen molar-refractivity contribution in [1.82, 2.24) is 25.5 Å². The average Bonchev–Trinajstić information content (AvgIpc) is 3.09. The Labute approximate surface area is 164 Å². The monoisotopic (exact) mass is 410 g/mol. The summed E-state index contributed by atoms with van der Waals surface area (Å²) in [5, 5.41) is 5.42. The lowest BCUT2D eigenvalue weighted by Gasteiger charge is -2.25. The van der Waals surface area contributed by atoms with Gasteiger partial charge >= 0.3 is 6.18 Å². The van der Waals surface area contributed by atoms with Crippen LogP contribution in [0.2, 0.25) is 0 Å². The summed E-state index contributed by atoms with van der Waals surface area (Å²) in [7, 11) is 3.17. The molecule has 2 heterocycles. The van der Waals surface area contributed by atoms with E-state index in [-0.39, 0.29) is 22.5 Å². The number of H-pyrrole nitrogens is 1. The van der Waals surface area contributed by atoms with Crippen molar-refractivity contribution in [3.63, 3.8) is 0 Å². The molecule has 1 saturated heterocycles. The molecule has 1 aliphatic heterocycles. The van der Waals surface area contributed by atoms with Gasteiger partial charge in [0.15, 0.2) is 5.96 Å². The fraction of sp³-hybridized carbons (Fsp3) is 0.444. The quantitative estimate of drug-likeness (QED) is 0.520. The molecular weight excluding hydrogens is 389 g/mol. The zero-order valence-electron chi connectivity index (χ0n) is 15.9. The first-order valence-corrected chi connectivity index (χ1v) is 9.07. The lowest BCUT2D eigenvalue weighted by molar-refractivity contribution is -0.137. The van der Waals surface area contributed by atoms with Gasteiger partial charge in [0.2, 0.25) is 0 Å². The van der Waals surface area contributed by atoms with E-state index in [2.05, 4.69) is 25.6 Å². The number of aromatic amines is 1. The minimum atomic E-state index is -4.62. The highest BCUT2D eigenvalue weighted by molar-refractivity contribution is 6.07. The second-order valence-corrected chi connectivity index (χ2v) is 6.63.